The van der Waals surface area contributed by atoms with E-state index in [-0.39, 0.29) is 15.1 Å². The highest BCUT2D eigenvalue weighted by Gasteiger charge is 2.25. The molecule has 16 heavy (non-hydrogen) atoms. The Kier molecular flexibility index (Phi) is 3.15. The van der Waals surface area contributed by atoms with Crippen LogP contribution < -0.4 is 14.9 Å². The molecule has 2 rings (SSSR count). The first-order valence-corrected chi connectivity index (χ1v) is 7.22. The molecule has 8 heteroatoms. The Morgan fingerprint density at radius 1 is 1.50 bits per heavy atom. The van der Waals surface area contributed by atoms with E-state index in [0.717, 1.165) is 24.3 Å². The summed E-state index contributed by atoms with van der Waals surface area (Å²) in [6, 6.07) is -0.0818. The standard InChI is InChI=1S/C8H13N3O3S2/c1-5-7(15-8(12)10-5)16(13,14)11-6-2-3-9-4-6/h6,9,11H,2-4H2,1H3,(H,10,12)/t6-/m1/s1. The van der Waals surface area contributed by atoms with Crippen molar-refractivity contribution < 1.29 is 8.42 Å². The molecule has 1 aromatic rings. The van der Waals surface area contributed by atoms with E-state index in [1.807, 2.05) is 0 Å². The Hall–Kier alpha value is -0.700. The fourth-order valence-corrected chi connectivity index (χ4v) is 4.26. The van der Waals surface area contributed by atoms with Crippen LogP contribution in [0.3, 0.4) is 0 Å². The number of thiazole rings is 1. The van der Waals surface area contributed by atoms with Gasteiger partial charge in [0.2, 0.25) is 0 Å². The molecular weight excluding hydrogens is 250 g/mol. The van der Waals surface area contributed by atoms with E-state index in [9.17, 15) is 13.2 Å². The van der Waals surface area contributed by atoms with Crippen LogP contribution in [0.2, 0.25) is 0 Å². The number of hydrogen-bond donors (Lipinski definition) is 3. The summed E-state index contributed by atoms with van der Waals surface area (Å²) in [6.07, 6.45) is 0.775. The molecule has 0 aromatic carbocycles. The predicted molar refractivity (Wildman–Crippen MR) is 61.3 cm³/mol. The van der Waals surface area contributed by atoms with Crippen molar-refractivity contribution in [1.82, 2.24) is 15.0 Å². The Morgan fingerprint density at radius 2 is 2.25 bits per heavy atom. The summed E-state index contributed by atoms with van der Waals surface area (Å²) in [5.41, 5.74) is 0.397. The van der Waals surface area contributed by atoms with Gasteiger partial charge in [0, 0.05) is 18.3 Å². The van der Waals surface area contributed by atoms with E-state index in [0.29, 0.717) is 12.2 Å². The molecule has 1 aliphatic heterocycles. The van der Waals surface area contributed by atoms with Crippen molar-refractivity contribution in [3.05, 3.63) is 15.4 Å². The molecule has 0 unspecified atom stereocenters. The van der Waals surface area contributed by atoms with Gasteiger partial charge in [-0.25, -0.2) is 13.1 Å². The molecule has 2 heterocycles. The number of H-pyrrole nitrogens is 1. The number of sulfonamides is 1. The number of hydrogen-bond acceptors (Lipinski definition) is 5. The zero-order chi connectivity index (χ0) is 11.8. The minimum absolute atomic E-state index is 0.0818. The van der Waals surface area contributed by atoms with Crippen LogP contribution in [0.4, 0.5) is 0 Å². The van der Waals surface area contributed by atoms with Crippen LogP contribution >= 0.6 is 11.3 Å². The van der Waals surface area contributed by atoms with Gasteiger partial charge in [0.15, 0.2) is 4.21 Å². The molecule has 1 fully saturated rings. The number of aromatic amines is 1. The van der Waals surface area contributed by atoms with Crippen molar-refractivity contribution in [3.63, 3.8) is 0 Å². The predicted octanol–water partition coefficient (Wildman–Crippen LogP) is -0.615. The van der Waals surface area contributed by atoms with Crippen LogP contribution in [0, 0.1) is 6.92 Å². The van der Waals surface area contributed by atoms with Gasteiger partial charge in [0.25, 0.3) is 10.0 Å². The molecule has 1 saturated heterocycles. The van der Waals surface area contributed by atoms with E-state index < -0.39 is 10.0 Å². The molecule has 3 N–H and O–H groups in total. The third-order valence-corrected chi connectivity index (χ3v) is 5.53. The molecule has 1 aliphatic rings. The van der Waals surface area contributed by atoms with E-state index in [1.165, 1.54) is 0 Å². The maximum absolute atomic E-state index is 11.9. The van der Waals surface area contributed by atoms with Crippen LogP contribution in [-0.2, 0) is 10.0 Å². The van der Waals surface area contributed by atoms with E-state index in [1.54, 1.807) is 6.92 Å². The number of rotatable bonds is 3. The van der Waals surface area contributed by atoms with Crippen LogP contribution in [0.25, 0.3) is 0 Å². The Balaban J connectivity index is 2.24. The van der Waals surface area contributed by atoms with Gasteiger partial charge < -0.3 is 10.3 Å². The van der Waals surface area contributed by atoms with Crippen LogP contribution in [0.15, 0.2) is 9.00 Å². The van der Waals surface area contributed by atoms with Gasteiger partial charge >= 0.3 is 4.87 Å². The van der Waals surface area contributed by atoms with Crippen molar-refractivity contribution >= 4 is 21.4 Å². The fourth-order valence-electron chi connectivity index (χ4n) is 1.67. The second-order valence-electron chi connectivity index (χ2n) is 3.74. The molecule has 6 nitrogen and oxygen atoms in total. The van der Waals surface area contributed by atoms with Crippen molar-refractivity contribution in [2.75, 3.05) is 13.1 Å². The van der Waals surface area contributed by atoms with E-state index >= 15 is 0 Å². The molecular formula is C8H13N3O3S2. The van der Waals surface area contributed by atoms with Gasteiger partial charge in [-0.1, -0.05) is 11.3 Å². The van der Waals surface area contributed by atoms with Crippen LogP contribution in [-0.4, -0.2) is 32.5 Å². The number of nitrogens with one attached hydrogen (secondary N) is 3. The smallest absolute Gasteiger partial charge is 0.305 e. The van der Waals surface area contributed by atoms with Crippen molar-refractivity contribution in [2.24, 2.45) is 0 Å². The zero-order valence-electron chi connectivity index (χ0n) is 8.74. The third kappa shape index (κ3) is 2.34. The molecule has 0 aliphatic carbocycles. The first kappa shape index (κ1) is 11.8. The van der Waals surface area contributed by atoms with Gasteiger partial charge in [0.1, 0.15) is 0 Å². The molecule has 1 atom stereocenters. The van der Waals surface area contributed by atoms with Gasteiger partial charge in [0.05, 0.1) is 0 Å². The summed E-state index contributed by atoms with van der Waals surface area (Å²) >= 11 is 0.723. The molecule has 0 spiro atoms. The Morgan fingerprint density at radius 3 is 2.75 bits per heavy atom. The van der Waals surface area contributed by atoms with Gasteiger partial charge in [-0.05, 0) is 19.9 Å². The summed E-state index contributed by atoms with van der Waals surface area (Å²) in [6.45, 7) is 3.03. The van der Waals surface area contributed by atoms with Crippen molar-refractivity contribution in [2.45, 2.75) is 23.6 Å². The summed E-state index contributed by atoms with van der Waals surface area (Å²) in [5, 5.41) is 3.07. The molecule has 0 saturated carbocycles. The minimum atomic E-state index is -3.56. The highest BCUT2D eigenvalue weighted by molar-refractivity contribution is 7.91. The first-order valence-electron chi connectivity index (χ1n) is 4.92. The lowest BCUT2D eigenvalue weighted by atomic mass is 10.3. The van der Waals surface area contributed by atoms with E-state index in [4.69, 9.17) is 0 Å². The summed E-state index contributed by atoms with van der Waals surface area (Å²) in [5.74, 6) is 0. The molecule has 1 aromatic heterocycles. The molecule has 0 amide bonds. The quantitative estimate of drug-likeness (QED) is 0.678. The molecule has 90 valence electrons. The van der Waals surface area contributed by atoms with Crippen LogP contribution in [0.5, 0.6) is 0 Å². The lowest BCUT2D eigenvalue weighted by Gasteiger charge is -2.10. The second kappa shape index (κ2) is 4.28. The average Bonchev–Trinajstić information content (AvgIpc) is 2.75. The average molecular weight is 263 g/mol. The highest BCUT2D eigenvalue weighted by Crippen LogP contribution is 2.16. The minimum Gasteiger partial charge on any atom is -0.315 e. The van der Waals surface area contributed by atoms with Crippen molar-refractivity contribution in [3.8, 4) is 0 Å². The Bertz CT molecular complexity index is 525. The fraction of sp³-hybridized carbons (Fsp3) is 0.625. The highest BCUT2D eigenvalue weighted by atomic mass is 32.2. The maximum Gasteiger partial charge on any atom is 0.305 e. The lowest BCUT2D eigenvalue weighted by molar-refractivity contribution is 0.561. The third-order valence-electron chi connectivity index (χ3n) is 2.41. The summed E-state index contributed by atoms with van der Waals surface area (Å²) in [4.78, 5) is 13.2. The second-order valence-corrected chi connectivity index (χ2v) is 6.63. The van der Waals surface area contributed by atoms with Crippen LogP contribution in [0.1, 0.15) is 12.1 Å². The monoisotopic (exact) mass is 263 g/mol. The first-order chi connectivity index (χ1) is 7.49. The normalized spacial score (nSPS) is 21.4. The van der Waals surface area contributed by atoms with Gasteiger partial charge in [-0.3, -0.25) is 4.79 Å². The lowest BCUT2D eigenvalue weighted by Crippen LogP contribution is -2.36. The van der Waals surface area contributed by atoms with Crippen molar-refractivity contribution in [1.29, 1.82) is 0 Å². The van der Waals surface area contributed by atoms with E-state index in [2.05, 4.69) is 15.0 Å². The Labute approximate surface area is 97.1 Å². The SMILES string of the molecule is Cc1[nH]c(=O)sc1S(=O)(=O)N[C@@H]1CCNC1. The van der Waals surface area contributed by atoms with Gasteiger partial charge in [-0.15, -0.1) is 0 Å². The maximum atomic E-state index is 11.9. The topological polar surface area (TPSA) is 91.1 Å². The molecule has 0 radical (unpaired) electrons. The number of aryl methyl sites for hydroxylation is 1. The summed E-state index contributed by atoms with van der Waals surface area (Å²) < 4.78 is 26.5. The van der Waals surface area contributed by atoms with Gasteiger partial charge in [-0.2, -0.15) is 0 Å². The number of aromatic nitrogens is 1. The molecule has 0 bridgehead atoms. The zero-order valence-corrected chi connectivity index (χ0v) is 10.4. The summed E-state index contributed by atoms with van der Waals surface area (Å²) in [7, 11) is -3.56. The largest absolute Gasteiger partial charge is 0.315 e.